The summed E-state index contributed by atoms with van der Waals surface area (Å²) in [6, 6.07) is 41.6. The quantitative estimate of drug-likeness (QED) is 0.0236. The van der Waals surface area contributed by atoms with E-state index < -0.39 is 36.3 Å². The number of Topliss-reactive ketones (excluding diaryl/α,β-unsaturated/α-hetero) is 1. The van der Waals surface area contributed by atoms with E-state index in [1.165, 1.54) is 29.2 Å². The highest BCUT2D eigenvalue weighted by Gasteiger charge is 2.32. The van der Waals surface area contributed by atoms with Gasteiger partial charge in [0.25, 0.3) is 0 Å². The molecule has 0 aromatic heterocycles. The molecule has 5 aromatic carbocycles. The van der Waals surface area contributed by atoms with Crippen molar-refractivity contribution in [1.29, 1.82) is 0 Å². The second-order valence-electron chi connectivity index (χ2n) is 18.8. The van der Waals surface area contributed by atoms with Gasteiger partial charge in [-0.15, -0.1) is 18.1 Å². The molecule has 2 aliphatic carbocycles. The number of rotatable bonds is 21. The zero-order chi connectivity index (χ0) is 55.1. The maximum Gasteiger partial charge on any atom is 0.549 e. The Morgan fingerprint density at radius 1 is 0.618 bits per heavy atom. The smallest absolute Gasteiger partial charge is 0.465 e. The Morgan fingerprint density at radius 2 is 1.12 bits per heavy atom. The molecule has 17 heteroatoms. The highest BCUT2D eigenvalue weighted by atomic mass is 19.4. The van der Waals surface area contributed by atoms with E-state index in [-0.39, 0.29) is 49.8 Å². The van der Waals surface area contributed by atoms with Crippen LogP contribution >= 0.6 is 0 Å². The van der Waals surface area contributed by atoms with Gasteiger partial charge in [0.2, 0.25) is 0 Å². The number of ketones is 1. The van der Waals surface area contributed by atoms with Crippen LogP contribution in [0.25, 0.3) is 22.3 Å². The number of amides is 3. The number of hydrogen-bond acceptors (Lipinski definition) is 11. The summed E-state index contributed by atoms with van der Waals surface area (Å²) in [5.74, 6) is -0.222. The Kier molecular flexibility index (Phi) is 23.3. The van der Waals surface area contributed by atoms with Crippen molar-refractivity contribution in [2.24, 2.45) is 0 Å². The largest absolute Gasteiger partial charge is 0.549 e. The third-order valence-corrected chi connectivity index (χ3v) is 12.2. The molecule has 0 saturated carbocycles. The predicted octanol–water partition coefficient (Wildman–Crippen LogP) is 12.8. The van der Waals surface area contributed by atoms with Gasteiger partial charge in [-0.3, -0.25) is 9.59 Å². The van der Waals surface area contributed by atoms with E-state index in [1.807, 2.05) is 80.6 Å². The number of alkyl halides is 3. The van der Waals surface area contributed by atoms with Gasteiger partial charge in [0.1, 0.15) is 25.4 Å². The number of hydrogen-bond donors (Lipinski definition) is 2. The second kappa shape index (κ2) is 29.7. The van der Waals surface area contributed by atoms with E-state index >= 15 is 0 Å². The van der Waals surface area contributed by atoms with E-state index in [4.69, 9.17) is 18.9 Å². The maximum atomic E-state index is 13.5. The monoisotopic (exact) mass is 1050 g/mol. The van der Waals surface area contributed by atoms with Crippen LogP contribution in [0.3, 0.4) is 0 Å². The van der Waals surface area contributed by atoms with Crippen LogP contribution in [0.4, 0.5) is 27.6 Å². The molecule has 0 unspecified atom stereocenters. The van der Waals surface area contributed by atoms with Crippen LogP contribution in [0, 0.1) is 0 Å². The molecule has 0 radical (unpaired) electrons. The molecule has 0 bridgehead atoms. The Labute approximate surface area is 443 Å². The van der Waals surface area contributed by atoms with Crippen molar-refractivity contribution in [3.05, 3.63) is 155 Å². The van der Waals surface area contributed by atoms with Crippen LogP contribution in [0.2, 0.25) is 0 Å². The zero-order valence-corrected chi connectivity index (χ0v) is 44.1. The molecular formula is C59H70F3N3O11. The summed E-state index contributed by atoms with van der Waals surface area (Å²) in [5.41, 5.74) is 9.79. The van der Waals surface area contributed by atoms with Crippen LogP contribution < -0.4 is 10.6 Å². The van der Waals surface area contributed by atoms with Gasteiger partial charge in [-0.25, -0.2) is 19.3 Å². The molecule has 2 aliphatic rings. The average molecular weight is 1050 g/mol. The Morgan fingerprint density at radius 3 is 1.58 bits per heavy atom. The highest BCUT2D eigenvalue weighted by Crippen LogP contribution is 2.45. The number of nitrogens with one attached hydrogen (secondary N) is 2. The van der Waals surface area contributed by atoms with Crippen molar-refractivity contribution >= 4 is 30.0 Å². The van der Waals surface area contributed by atoms with Gasteiger partial charge in [0, 0.05) is 44.3 Å². The predicted molar refractivity (Wildman–Crippen MR) is 282 cm³/mol. The molecule has 0 spiro atoms. The van der Waals surface area contributed by atoms with Gasteiger partial charge < -0.3 is 34.5 Å². The van der Waals surface area contributed by atoms with Crippen molar-refractivity contribution < 1.29 is 65.9 Å². The molecule has 5 aromatic rings. The average Bonchev–Trinajstić information content (AvgIpc) is 3.92. The fourth-order valence-electron chi connectivity index (χ4n) is 8.73. The van der Waals surface area contributed by atoms with Crippen molar-refractivity contribution in [2.45, 2.75) is 117 Å². The number of ether oxygens (including phenoxy) is 4. The fraction of sp³-hybridized carbons (Fsp3) is 0.407. The van der Waals surface area contributed by atoms with E-state index in [1.54, 1.807) is 25.7 Å². The topological polar surface area (TPSA) is 168 Å². The van der Waals surface area contributed by atoms with E-state index in [9.17, 15) is 37.1 Å². The third-order valence-electron chi connectivity index (χ3n) is 12.2. The molecule has 14 nitrogen and oxygen atoms in total. The molecule has 3 amide bonds. The standard InChI is InChI=1S/C39H49N3O7.C17H16O2.C3H5F3O2/c1-5-42(38(46)48-26-28-16-7-6-8-17-28)25-15-23-35(43)34(22-13-14-24-40-36(44)49-39(2,3)4)41-37(45)47-27-33-31-20-11-9-18-29(31)30-19-10-12-21-32(30)33;1-2-17(18)19-11-16-14-9-5-3-7-12(14)13-8-4-6-10-15(13)16;1-2-7-8-3(4,5)6/h6-12,16-21,33-34H,5,13-15,22-27H2,1-4H3,(H,40,44)(H,41,45);3-10,16H,2,11H2,1H3;2H2,1H3/t34-;;/m0../s1. The normalized spacial score (nSPS) is 12.6. The highest BCUT2D eigenvalue weighted by molar-refractivity contribution is 5.87. The summed E-state index contributed by atoms with van der Waals surface area (Å²) in [5, 5.41) is 5.53. The minimum absolute atomic E-state index is 0.104. The van der Waals surface area contributed by atoms with Crippen molar-refractivity contribution in [3.63, 3.8) is 0 Å². The lowest BCUT2D eigenvalue weighted by atomic mass is 9.98. The van der Waals surface area contributed by atoms with Gasteiger partial charge >= 0.3 is 30.6 Å². The van der Waals surface area contributed by atoms with Crippen molar-refractivity contribution in [2.75, 3.05) is 39.5 Å². The molecular weight excluding hydrogens is 984 g/mol. The van der Waals surface area contributed by atoms with Crippen LogP contribution in [-0.4, -0.2) is 92.4 Å². The lowest BCUT2D eigenvalue weighted by Crippen LogP contribution is -2.42. The molecule has 2 N–H and O–H groups in total. The summed E-state index contributed by atoms with van der Waals surface area (Å²) in [6.07, 6.45) is -3.74. The number of carbonyl (C=O) groups is 5. The number of benzene rings is 5. The summed E-state index contributed by atoms with van der Waals surface area (Å²) in [7, 11) is 0. The molecule has 0 heterocycles. The van der Waals surface area contributed by atoms with Gasteiger partial charge in [0.05, 0.1) is 12.6 Å². The first-order valence-electron chi connectivity index (χ1n) is 25.7. The van der Waals surface area contributed by atoms with Crippen molar-refractivity contribution in [3.8, 4) is 22.3 Å². The molecule has 0 aliphatic heterocycles. The van der Waals surface area contributed by atoms with Crippen molar-refractivity contribution in [1.82, 2.24) is 15.5 Å². The first kappa shape index (κ1) is 59.6. The van der Waals surface area contributed by atoms with E-state index in [0.717, 1.165) is 27.8 Å². The summed E-state index contributed by atoms with van der Waals surface area (Å²) < 4.78 is 54.5. The first-order chi connectivity index (χ1) is 36.4. The van der Waals surface area contributed by atoms with Gasteiger partial charge in [0.15, 0.2) is 5.78 Å². The second-order valence-corrected chi connectivity index (χ2v) is 18.8. The first-order valence-corrected chi connectivity index (χ1v) is 25.7. The Hall–Kier alpha value is -7.24. The summed E-state index contributed by atoms with van der Waals surface area (Å²) >= 11 is 0. The van der Waals surface area contributed by atoms with Crippen LogP contribution in [0.15, 0.2) is 127 Å². The van der Waals surface area contributed by atoms with E-state index in [0.29, 0.717) is 58.3 Å². The van der Waals surface area contributed by atoms with Gasteiger partial charge in [-0.05, 0) is 110 Å². The molecule has 408 valence electrons. The number of nitrogens with zero attached hydrogens (tertiary/aromatic N) is 1. The Balaban J connectivity index is 0.000000320. The van der Waals surface area contributed by atoms with E-state index in [2.05, 4.69) is 81.1 Å². The van der Waals surface area contributed by atoms with Crippen LogP contribution in [0.1, 0.15) is 120 Å². The summed E-state index contributed by atoms with van der Waals surface area (Å²) in [6.45, 7) is 12.2. The molecule has 1 atom stereocenters. The third kappa shape index (κ3) is 18.8. The lowest BCUT2D eigenvalue weighted by Gasteiger charge is -2.22. The lowest BCUT2D eigenvalue weighted by molar-refractivity contribution is -0.482. The van der Waals surface area contributed by atoms with Crippen LogP contribution in [-0.2, 0) is 44.9 Å². The Bertz CT molecular complexity index is 2570. The number of carbonyl (C=O) groups excluding carboxylic acids is 5. The number of fused-ring (bicyclic) bond motifs is 6. The number of unbranched alkanes of at least 4 members (excludes halogenated alkanes) is 1. The molecule has 0 saturated heterocycles. The summed E-state index contributed by atoms with van der Waals surface area (Å²) in [4.78, 5) is 70.6. The number of halogens is 3. The SMILES string of the molecule is CCC(=O)OCC1c2ccccc2-c2ccccc21.CCN(CCCC(=O)[C@H](CCCCNC(=O)OC(C)(C)C)NC(=O)OCC1c2ccccc2-c2ccccc21)C(=O)OCc1ccccc1.CCOOC(F)(F)F. The maximum absolute atomic E-state index is 13.5. The number of alkyl carbamates (subject to hydrolysis) is 2. The minimum atomic E-state index is -4.67. The fourth-order valence-corrected chi connectivity index (χ4v) is 8.73. The number of esters is 1. The van der Waals surface area contributed by atoms with Gasteiger partial charge in [-0.2, -0.15) is 0 Å². The zero-order valence-electron chi connectivity index (χ0n) is 44.1. The van der Waals surface area contributed by atoms with Gasteiger partial charge in [-0.1, -0.05) is 134 Å². The van der Waals surface area contributed by atoms with Crippen LogP contribution in [0.5, 0.6) is 0 Å². The minimum Gasteiger partial charge on any atom is -0.465 e. The molecule has 7 rings (SSSR count). The molecule has 76 heavy (non-hydrogen) atoms. The molecule has 0 fully saturated rings.